The molecule has 5 rings (SSSR count). The Bertz CT molecular complexity index is 1740. The molecule has 0 saturated carbocycles. The highest BCUT2D eigenvalue weighted by Gasteiger charge is 2.25. The number of carbonyl (C=O) groups excluding carboxylic acids is 2. The molecule has 0 unspecified atom stereocenters. The van der Waals surface area contributed by atoms with Crippen molar-refractivity contribution >= 4 is 43.9 Å². The van der Waals surface area contributed by atoms with Gasteiger partial charge in [0.15, 0.2) is 5.13 Å². The zero-order chi connectivity index (χ0) is 28.1. The van der Waals surface area contributed by atoms with Crippen LogP contribution in [-0.4, -0.2) is 31.6 Å². The number of hydrogen-bond acceptors (Lipinski definition) is 6. The van der Waals surface area contributed by atoms with E-state index in [1.54, 1.807) is 55.5 Å². The minimum absolute atomic E-state index is 0.0751. The average molecular weight is 568 g/mol. The third-order valence-electron chi connectivity index (χ3n) is 6.17. The molecule has 9 heteroatoms. The molecule has 7 nitrogen and oxygen atoms in total. The van der Waals surface area contributed by atoms with E-state index in [9.17, 15) is 18.0 Å². The van der Waals surface area contributed by atoms with Crippen LogP contribution in [0.25, 0.3) is 11.3 Å². The molecular weight excluding hydrogens is 542 g/mol. The van der Waals surface area contributed by atoms with E-state index < -0.39 is 15.9 Å². The molecule has 0 spiro atoms. The molecule has 1 heterocycles. The van der Waals surface area contributed by atoms with Crippen LogP contribution in [0.2, 0.25) is 0 Å². The van der Waals surface area contributed by atoms with Crippen molar-refractivity contribution in [1.82, 2.24) is 4.98 Å². The second-order valence-corrected chi connectivity index (χ2v) is 11.6. The number of amides is 1. The van der Waals surface area contributed by atoms with Crippen LogP contribution >= 0.6 is 11.3 Å². The number of nitrogens with zero attached hydrogens (tertiary/aromatic N) is 2. The van der Waals surface area contributed by atoms with Crippen LogP contribution in [0.3, 0.4) is 0 Å². The molecule has 0 fully saturated rings. The van der Waals surface area contributed by atoms with E-state index in [-0.39, 0.29) is 27.9 Å². The molecule has 0 radical (unpaired) electrons. The Labute approximate surface area is 236 Å². The van der Waals surface area contributed by atoms with Crippen molar-refractivity contribution in [2.75, 3.05) is 16.2 Å². The summed E-state index contributed by atoms with van der Waals surface area (Å²) in [7, 11) is -3.82. The highest BCUT2D eigenvalue weighted by molar-refractivity contribution is 7.92. The van der Waals surface area contributed by atoms with Gasteiger partial charge in [-0.2, -0.15) is 0 Å². The summed E-state index contributed by atoms with van der Waals surface area (Å²) in [6.07, 6.45) is 0. The van der Waals surface area contributed by atoms with Gasteiger partial charge in [0.25, 0.3) is 15.9 Å². The monoisotopic (exact) mass is 567 g/mol. The molecule has 1 aromatic heterocycles. The van der Waals surface area contributed by atoms with Crippen molar-refractivity contribution in [3.8, 4) is 11.3 Å². The molecule has 1 N–H and O–H groups in total. The van der Waals surface area contributed by atoms with Crippen molar-refractivity contribution in [3.05, 3.63) is 131 Å². The Kier molecular flexibility index (Phi) is 7.86. The van der Waals surface area contributed by atoms with E-state index in [0.717, 1.165) is 16.9 Å². The number of aromatic nitrogens is 1. The smallest absolute Gasteiger partial charge is 0.264 e. The summed E-state index contributed by atoms with van der Waals surface area (Å²) in [6.45, 7) is 2.02. The van der Waals surface area contributed by atoms with E-state index in [4.69, 9.17) is 0 Å². The summed E-state index contributed by atoms with van der Waals surface area (Å²) in [5.41, 5.74) is 2.58. The molecule has 40 heavy (non-hydrogen) atoms. The van der Waals surface area contributed by atoms with Crippen LogP contribution in [0.5, 0.6) is 0 Å². The number of sulfonamides is 1. The standard InChI is InChI=1S/C31H25N3O4S2/c1-2-34(25-16-10-5-11-17-25)40(37,38)26-20-18-24(19-21-26)30(36)33-31-32-27(22-12-6-3-7-13-22)29(39-31)28(35)23-14-8-4-9-15-23/h3-21H,2H2,1H3,(H,32,33,36). The summed E-state index contributed by atoms with van der Waals surface area (Å²) in [5, 5.41) is 3.03. The van der Waals surface area contributed by atoms with Crippen molar-refractivity contribution in [3.63, 3.8) is 0 Å². The van der Waals surface area contributed by atoms with E-state index in [0.29, 0.717) is 21.8 Å². The second-order valence-electron chi connectivity index (χ2n) is 8.74. The summed E-state index contributed by atoms with van der Waals surface area (Å²) in [4.78, 5) is 31.5. The van der Waals surface area contributed by atoms with Crippen LogP contribution in [-0.2, 0) is 10.0 Å². The SMILES string of the molecule is CCN(c1ccccc1)S(=O)(=O)c1ccc(C(=O)Nc2nc(-c3ccccc3)c(C(=O)c3ccccc3)s2)cc1. The van der Waals surface area contributed by atoms with Gasteiger partial charge in [-0.3, -0.25) is 19.2 Å². The second kappa shape index (κ2) is 11.6. The normalized spacial score (nSPS) is 11.1. The van der Waals surface area contributed by atoms with Gasteiger partial charge in [0.05, 0.1) is 16.3 Å². The van der Waals surface area contributed by atoms with Crippen LogP contribution in [0.1, 0.15) is 32.5 Å². The summed E-state index contributed by atoms with van der Waals surface area (Å²) in [5.74, 6) is -0.655. The number of carbonyl (C=O) groups is 2. The molecule has 0 bridgehead atoms. The van der Waals surface area contributed by atoms with Crippen LogP contribution in [0, 0.1) is 0 Å². The third-order valence-corrected chi connectivity index (χ3v) is 9.06. The maximum absolute atomic E-state index is 13.3. The van der Waals surface area contributed by atoms with Crippen LogP contribution in [0.4, 0.5) is 10.8 Å². The molecule has 1 amide bonds. The number of thiazole rings is 1. The molecule has 0 atom stereocenters. The molecular formula is C31H25N3O4S2. The first-order valence-electron chi connectivity index (χ1n) is 12.5. The van der Waals surface area contributed by atoms with E-state index in [1.807, 2.05) is 42.5 Å². The van der Waals surface area contributed by atoms with Gasteiger partial charge in [-0.1, -0.05) is 90.2 Å². The van der Waals surface area contributed by atoms with Gasteiger partial charge in [0.1, 0.15) is 4.88 Å². The topological polar surface area (TPSA) is 96.4 Å². The maximum atomic E-state index is 13.3. The fourth-order valence-electron chi connectivity index (χ4n) is 4.20. The fourth-order valence-corrected chi connectivity index (χ4v) is 6.62. The molecule has 200 valence electrons. The van der Waals surface area contributed by atoms with Gasteiger partial charge >= 0.3 is 0 Å². The van der Waals surface area contributed by atoms with E-state index in [1.165, 1.54) is 28.6 Å². The lowest BCUT2D eigenvalue weighted by molar-refractivity contribution is 0.102. The number of hydrogen-bond donors (Lipinski definition) is 1. The van der Waals surface area contributed by atoms with E-state index >= 15 is 0 Å². The highest BCUT2D eigenvalue weighted by Crippen LogP contribution is 2.33. The number of rotatable bonds is 9. The largest absolute Gasteiger partial charge is 0.298 e. The molecule has 5 aromatic rings. The lowest BCUT2D eigenvalue weighted by Crippen LogP contribution is -2.30. The fraction of sp³-hybridized carbons (Fsp3) is 0.0645. The predicted octanol–water partition coefficient (Wildman–Crippen LogP) is 6.51. The zero-order valence-electron chi connectivity index (χ0n) is 21.5. The van der Waals surface area contributed by atoms with Gasteiger partial charge in [0.2, 0.25) is 5.78 Å². The molecule has 0 aliphatic heterocycles. The van der Waals surface area contributed by atoms with Gasteiger partial charge in [-0.15, -0.1) is 0 Å². The quantitative estimate of drug-likeness (QED) is 0.205. The first-order chi connectivity index (χ1) is 19.4. The van der Waals surface area contributed by atoms with Crippen molar-refractivity contribution in [2.24, 2.45) is 0 Å². The third kappa shape index (κ3) is 5.56. The number of nitrogens with one attached hydrogen (secondary N) is 1. The van der Waals surface area contributed by atoms with Crippen LogP contribution in [0.15, 0.2) is 120 Å². The van der Waals surface area contributed by atoms with Gasteiger partial charge < -0.3 is 0 Å². The maximum Gasteiger partial charge on any atom is 0.264 e. The predicted molar refractivity (Wildman–Crippen MR) is 158 cm³/mol. The molecule has 4 aromatic carbocycles. The summed E-state index contributed by atoms with van der Waals surface area (Å²) in [6, 6.07) is 32.8. The first kappa shape index (κ1) is 27.0. The summed E-state index contributed by atoms with van der Waals surface area (Å²) < 4.78 is 27.9. The van der Waals surface area contributed by atoms with Crippen molar-refractivity contribution in [1.29, 1.82) is 0 Å². The Balaban J connectivity index is 1.40. The lowest BCUT2D eigenvalue weighted by atomic mass is 10.1. The number of para-hydroxylation sites is 1. The average Bonchev–Trinajstić information content (AvgIpc) is 3.42. The van der Waals surface area contributed by atoms with Gasteiger partial charge in [-0.25, -0.2) is 13.4 Å². The zero-order valence-corrected chi connectivity index (χ0v) is 23.2. The van der Waals surface area contributed by atoms with Gasteiger partial charge in [0, 0.05) is 23.2 Å². The Morgan fingerprint density at radius 3 is 1.95 bits per heavy atom. The van der Waals surface area contributed by atoms with E-state index in [2.05, 4.69) is 10.3 Å². The Hall–Kier alpha value is -4.60. The highest BCUT2D eigenvalue weighted by atomic mass is 32.2. The summed E-state index contributed by atoms with van der Waals surface area (Å²) >= 11 is 1.10. The van der Waals surface area contributed by atoms with Crippen molar-refractivity contribution in [2.45, 2.75) is 11.8 Å². The van der Waals surface area contributed by atoms with Crippen molar-refractivity contribution < 1.29 is 18.0 Å². The lowest BCUT2D eigenvalue weighted by Gasteiger charge is -2.22. The number of anilines is 2. The minimum atomic E-state index is -3.82. The van der Waals surface area contributed by atoms with Crippen LogP contribution < -0.4 is 9.62 Å². The Morgan fingerprint density at radius 1 is 0.775 bits per heavy atom. The molecule has 0 aliphatic carbocycles. The number of benzene rings is 4. The van der Waals surface area contributed by atoms with Gasteiger partial charge in [-0.05, 0) is 43.3 Å². The molecule has 0 saturated heterocycles. The minimum Gasteiger partial charge on any atom is -0.298 e. The number of ketones is 1. The first-order valence-corrected chi connectivity index (χ1v) is 14.8. The Morgan fingerprint density at radius 2 is 1.35 bits per heavy atom. The molecule has 0 aliphatic rings.